The SMILES string of the molecule is COc1ccc(S(=O)(=O)N(CC(=O)N(C)Cc2ccc(OC)c(OC)c2)c2ccc(C)cc2)cc1Br. The van der Waals surface area contributed by atoms with Gasteiger partial charge in [0.2, 0.25) is 5.91 Å². The molecule has 0 saturated carbocycles. The lowest BCUT2D eigenvalue weighted by molar-refractivity contribution is -0.128. The summed E-state index contributed by atoms with van der Waals surface area (Å²) in [5, 5.41) is 0. The molecule has 36 heavy (non-hydrogen) atoms. The predicted molar refractivity (Wildman–Crippen MR) is 142 cm³/mol. The van der Waals surface area contributed by atoms with Gasteiger partial charge in [0.25, 0.3) is 10.0 Å². The van der Waals surface area contributed by atoms with Crippen LogP contribution in [-0.2, 0) is 21.4 Å². The van der Waals surface area contributed by atoms with E-state index in [-0.39, 0.29) is 23.9 Å². The first kappa shape index (κ1) is 27.3. The molecule has 0 saturated heterocycles. The Labute approximate surface area is 220 Å². The molecular weight excluding hydrogens is 548 g/mol. The van der Waals surface area contributed by atoms with Crippen molar-refractivity contribution in [2.24, 2.45) is 0 Å². The summed E-state index contributed by atoms with van der Waals surface area (Å²) in [6, 6.07) is 16.8. The van der Waals surface area contributed by atoms with Gasteiger partial charge in [0.05, 0.1) is 36.4 Å². The van der Waals surface area contributed by atoms with Crippen molar-refractivity contribution < 1.29 is 27.4 Å². The highest BCUT2D eigenvalue weighted by atomic mass is 79.9. The highest BCUT2D eigenvalue weighted by molar-refractivity contribution is 9.10. The van der Waals surface area contributed by atoms with Crippen LogP contribution < -0.4 is 18.5 Å². The van der Waals surface area contributed by atoms with Crippen molar-refractivity contribution >= 4 is 37.5 Å². The molecule has 10 heteroatoms. The van der Waals surface area contributed by atoms with Gasteiger partial charge in [-0.15, -0.1) is 0 Å². The van der Waals surface area contributed by atoms with Crippen molar-refractivity contribution in [1.82, 2.24) is 4.90 Å². The molecule has 0 fully saturated rings. The van der Waals surface area contributed by atoms with Crippen molar-refractivity contribution in [3.05, 3.63) is 76.3 Å². The normalized spacial score (nSPS) is 11.1. The lowest BCUT2D eigenvalue weighted by atomic mass is 10.2. The van der Waals surface area contributed by atoms with Gasteiger partial charge in [-0.1, -0.05) is 23.8 Å². The number of likely N-dealkylation sites (N-methyl/N-ethyl adjacent to an activating group) is 1. The molecule has 0 aromatic heterocycles. The van der Waals surface area contributed by atoms with Crippen molar-refractivity contribution in [2.75, 3.05) is 39.2 Å². The molecule has 3 rings (SSSR count). The average Bonchev–Trinajstić information content (AvgIpc) is 2.87. The number of rotatable bonds is 10. The fourth-order valence-corrected chi connectivity index (χ4v) is 5.68. The molecule has 0 atom stereocenters. The Morgan fingerprint density at radius 1 is 0.861 bits per heavy atom. The standard InChI is InChI=1S/C26H29BrN2O6S/c1-18-6-9-20(10-7-18)29(36(31,32)21-11-13-23(33-3)22(27)15-21)17-26(30)28(2)16-19-8-12-24(34-4)25(14-19)35-5/h6-15H,16-17H2,1-5H3. The Hall–Kier alpha value is -3.24. The molecule has 0 aliphatic heterocycles. The van der Waals surface area contributed by atoms with Gasteiger partial charge >= 0.3 is 0 Å². The number of ether oxygens (including phenoxy) is 3. The number of sulfonamides is 1. The third-order valence-corrected chi connectivity index (χ3v) is 8.00. The number of aryl methyl sites for hydroxylation is 1. The lowest BCUT2D eigenvalue weighted by Gasteiger charge is -2.27. The Balaban J connectivity index is 1.91. The monoisotopic (exact) mass is 576 g/mol. The number of amides is 1. The fraction of sp³-hybridized carbons (Fsp3) is 0.269. The lowest BCUT2D eigenvalue weighted by Crippen LogP contribution is -2.41. The van der Waals surface area contributed by atoms with E-state index < -0.39 is 10.0 Å². The van der Waals surface area contributed by atoms with Crippen LogP contribution in [0.15, 0.2) is 70.0 Å². The molecule has 0 spiro atoms. The molecule has 0 aliphatic rings. The smallest absolute Gasteiger partial charge is 0.264 e. The highest BCUT2D eigenvalue weighted by Crippen LogP contribution is 2.31. The van der Waals surface area contributed by atoms with E-state index in [2.05, 4.69) is 15.9 Å². The van der Waals surface area contributed by atoms with Crippen molar-refractivity contribution in [1.29, 1.82) is 0 Å². The van der Waals surface area contributed by atoms with E-state index in [1.807, 2.05) is 13.0 Å². The molecule has 0 bridgehead atoms. The third kappa shape index (κ3) is 6.11. The van der Waals surface area contributed by atoms with Crippen LogP contribution in [0.2, 0.25) is 0 Å². The van der Waals surface area contributed by atoms with Gasteiger partial charge in [-0.05, 0) is 70.9 Å². The summed E-state index contributed by atoms with van der Waals surface area (Å²) in [5.41, 5.74) is 2.17. The maximum absolute atomic E-state index is 13.7. The number of carbonyl (C=O) groups is 1. The second-order valence-corrected chi connectivity index (χ2v) is 10.8. The van der Waals surface area contributed by atoms with Crippen molar-refractivity contribution in [3.63, 3.8) is 0 Å². The number of carbonyl (C=O) groups excluding carboxylic acids is 1. The Bertz CT molecular complexity index is 1330. The summed E-state index contributed by atoms with van der Waals surface area (Å²) >= 11 is 3.35. The summed E-state index contributed by atoms with van der Waals surface area (Å²) in [6.07, 6.45) is 0. The third-order valence-electron chi connectivity index (χ3n) is 5.61. The molecule has 0 heterocycles. The van der Waals surface area contributed by atoms with Crippen LogP contribution in [0.25, 0.3) is 0 Å². The summed E-state index contributed by atoms with van der Waals surface area (Å²) in [6.45, 7) is 1.79. The quantitative estimate of drug-likeness (QED) is 0.349. The first-order chi connectivity index (χ1) is 17.1. The first-order valence-corrected chi connectivity index (χ1v) is 13.2. The molecule has 8 nitrogen and oxygen atoms in total. The van der Waals surface area contributed by atoms with Crippen LogP contribution in [0.3, 0.4) is 0 Å². The zero-order valence-corrected chi connectivity index (χ0v) is 23.2. The summed E-state index contributed by atoms with van der Waals surface area (Å²) in [4.78, 5) is 14.8. The highest BCUT2D eigenvalue weighted by Gasteiger charge is 2.29. The van der Waals surface area contributed by atoms with E-state index >= 15 is 0 Å². The zero-order chi connectivity index (χ0) is 26.5. The summed E-state index contributed by atoms with van der Waals surface area (Å²) < 4.78 is 44.8. The van der Waals surface area contributed by atoms with E-state index in [9.17, 15) is 13.2 Å². The first-order valence-electron chi connectivity index (χ1n) is 11.0. The van der Waals surface area contributed by atoms with Gasteiger partial charge in [-0.2, -0.15) is 0 Å². The van der Waals surface area contributed by atoms with Crippen LogP contribution in [0, 0.1) is 6.92 Å². The number of methoxy groups -OCH3 is 3. The topological polar surface area (TPSA) is 85.4 Å². The average molecular weight is 577 g/mol. The van der Waals surface area contributed by atoms with E-state index in [1.165, 1.54) is 24.1 Å². The maximum Gasteiger partial charge on any atom is 0.264 e. The van der Waals surface area contributed by atoms with Gasteiger partial charge in [0.15, 0.2) is 11.5 Å². The van der Waals surface area contributed by atoms with Crippen LogP contribution in [0.5, 0.6) is 17.2 Å². The maximum atomic E-state index is 13.7. The second-order valence-electron chi connectivity index (χ2n) is 8.08. The summed E-state index contributed by atoms with van der Waals surface area (Å²) in [7, 11) is 2.15. The Kier molecular flexibility index (Phi) is 8.86. The Morgan fingerprint density at radius 2 is 1.47 bits per heavy atom. The van der Waals surface area contributed by atoms with Crippen LogP contribution in [-0.4, -0.2) is 54.1 Å². The largest absolute Gasteiger partial charge is 0.496 e. The van der Waals surface area contributed by atoms with Crippen LogP contribution in [0.1, 0.15) is 11.1 Å². The minimum atomic E-state index is -4.07. The number of halogens is 1. The summed E-state index contributed by atoms with van der Waals surface area (Å²) in [5.74, 6) is 1.25. The molecular formula is C26H29BrN2O6S. The predicted octanol–water partition coefficient (Wildman–Crippen LogP) is 4.64. The van der Waals surface area contributed by atoms with E-state index in [0.29, 0.717) is 27.4 Å². The van der Waals surface area contributed by atoms with Crippen molar-refractivity contribution in [2.45, 2.75) is 18.4 Å². The molecule has 0 radical (unpaired) electrons. The van der Waals surface area contributed by atoms with E-state index in [1.54, 1.807) is 63.7 Å². The number of benzene rings is 3. The molecule has 3 aromatic carbocycles. The van der Waals surface area contributed by atoms with Gasteiger partial charge < -0.3 is 19.1 Å². The minimum Gasteiger partial charge on any atom is -0.496 e. The molecule has 1 amide bonds. The van der Waals surface area contributed by atoms with Gasteiger partial charge in [0, 0.05) is 13.6 Å². The van der Waals surface area contributed by atoms with Crippen LogP contribution in [0.4, 0.5) is 5.69 Å². The number of nitrogens with zero attached hydrogens (tertiary/aromatic N) is 2. The Morgan fingerprint density at radius 3 is 2.06 bits per heavy atom. The van der Waals surface area contributed by atoms with Gasteiger partial charge in [-0.25, -0.2) is 8.42 Å². The number of anilines is 1. The molecule has 192 valence electrons. The van der Waals surface area contributed by atoms with Gasteiger partial charge in [-0.3, -0.25) is 9.10 Å². The molecule has 3 aromatic rings. The molecule has 0 N–H and O–H groups in total. The van der Waals surface area contributed by atoms with Crippen LogP contribution >= 0.6 is 15.9 Å². The molecule has 0 unspecified atom stereocenters. The van der Waals surface area contributed by atoms with Gasteiger partial charge in [0.1, 0.15) is 12.3 Å². The molecule has 0 aliphatic carbocycles. The minimum absolute atomic E-state index is 0.0334. The van der Waals surface area contributed by atoms with E-state index in [4.69, 9.17) is 14.2 Å². The second kappa shape index (κ2) is 11.7. The fourth-order valence-electron chi connectivity index (χ4n) is 3.55. The number of hydrogen-bond donors (Lipinski definition) is 0. The zero-order valence-electron chi connectivity index (χ0n) is 20.8. The number of hydrogen-bond acceptors (Lipinski definition) is 6. The van der Waals surface area contributed by atoms with E-state index in [0.717, 1.165) is 15.4 Å². The van der Waals surface area contributed by atoms with Crippen molar-refractivity contribution in [3.8, 4) is 17.2 Å².